The normalized spacial score (nSPS) is 11.3. The number of hydrogen-bond acceptors (Lipinski definition) is 4. The number of nitrogens with zero attached hydrogens (tertiary/aromatic N) is 2. The fourth-order valence-corrected chi connectivity index (χ4v) is 3.91. The molecule has 0 aliphatic heterocycles. The smallest absolute Gasteiger partial charge is 0.332 e. The Kier molecular flexibility index (Phi) is 4.12. The standard InChI is InChI=1S/C20H18N2O3S/c1-13-5-6-15(10-14(13)2)11-21-17-7-9-26-18(17)19(23)22(20(21)24)12-16-4-3-8-25-16/h3-10H,11-12H2,1-2H3. The van der Waals surface area contributed by atoms with Gasteiger partial charge in [-0.15, -0.1) is 11.3 Å². The highest BCUT2D eigenvalue weighted by molar-refractivity contribution is 7.17. The molecule has 6 heteroatoms. The van der Waals surface area contributed by atoms with E-state index >= 15 is 0 Å². The summed E-state index contributed by atoms with van der Waals surface area (Å²) in [5, 5.41) is 1.85. The molecule has 26 heavy (non-hydrogen) atoms. The van der Waals surface area contributed by atoms with Crippen LogP contribution in [0.2, 0.25) is 0 Å². The number of thiophene rings is 1. The molecule has 0 aliphatic rings. The monoisotopic (exact) mass is 366 g/mol. The molecule has 0 radical (unpaired) electrons. The van der Waals surface area contributed by atoms with Crippen molar-refractivity contribution in [2.24, 2.45) is 0 Å². The van der Waals surface area contributed by atoms with Gasteiger partial charge in [-0.05, 0) is 54.1 Å². The van der Waals surface area contributed by atoms with Crippen LogP contribution in [0.3, 0.4) is 0 Å². The maximum absolute atomic E-state index is 13.1. The Hall–Kier alpha value is -2.86. The summed E-state index contributed by atoms with van der Waals surface area (Å²) >= 11 is 1.36. The number of benzene rings is 1. The first kappa shape index (κ1) is 16.6. The first-order valence-electron chi connectivity index (χ1n) is 8.34. The molecule has 0 spiro atoms. The third-order valence-corrected chi connectivity index (χ3v) is 5.53. The summed E-state index contributed by atoms with van der Waals surface area (Å²) in [6, 6.07) is 11.5. The van der Waals surface area contributed by atoms with Crippen LogP contribution in [0.15, 0.2) is 62.0 Å². The average molecular weight is 366 g/mol. The van der Waals surface area contributed by atoms with E-state index in [0.717, 1.165) is 5.56 Å². The van der Waals surface area contributed by atoms with E-state index < -0.39 is 0 Å². The molecule has 0 unspecified atom stereocenters. The second kappa shape index (κ2) is 6.46. The van der Waals surface area contributed by atoms with Crippen molar-refractivity contribution in [3.63, 3.8) is 0 Å². The first-order chi connectivity index (χ1) is 12.5. The quantitative estimate of drug-likeness (QED) is 0.555. The molecule has 3 aromatic heterocycles. The van der Waals surface area contributed by atoms with Crippen molar-refractivity contribution in [3.8, 4) is 0 Å². The minimum absolute atomic E-state index is 0.130. The van der Waals surface area contributed by atoms with Crippen LogP contribution in [0.5, 0.6) is 0 Å². The van der Waals surface area contributed by atoms with Crippen molar-refractivity contribution in [2.45, 2.75) is 26.9 Å². The predicted octanol–water partition coefficient (Wildman–Crippen LogP) is 3.53. The van der Waals surface area contributed by atoms with E-state index in [1.54, 1.807) is 16.7 Å². The van der Waals surface area contributed by atoms with Gasteiger partial charge in [-0.2, -0.15) is 0 Å². The van der Waals surface area contributed by atoms with Crippen LogP contribution in [0.4, 0.5) is 0 Å². The lowest BCUT2D eigenvalue weighted by Crippen LogP contribution is -2.40. The molecule has 0 bridgehead atoms. The molecule has 0 saturated carbocycles. The minimum atomic E-state index is -0.324. The van der Waals surface area contributed by atoms with Crippen LogP contribution in [-0.2, 0) is 13.1 Å². The van der Waals surface area contributed by atoms with Gasteiger partial charge in [-0.1, -0.05) is 18.2 Å². The summed E-state index contributed by atoms with van der Waals surface area (Å²) in [5.41, 5.74) is 3.51. The summed E-state index contributed by atoms with van der Waals surface area (Å²) in [7, 11) is 0. The Bertz CT molecular complexity index is 1200. The SMILES string of the molecule is Cc1ccc(Cn2c(=O)n(Cc3ccco3)c(=O)c3sccc32)cc1C. The molecule has 4 aromatic rings. The van der Waals surface area contributed by atoms with E-state index in [4.69, 9.17) is 4.42 Å². The lowest BCUT2D eigenvalue weighted by Gasteiger charge is -2.12. The van der Waals surface area contributed by atoms with Crippen LogP contribution >= 0.6 is 11.3 Å². The number of aromatic nitrogens is 2. The lowest BCUT2D eigenvalue weighted by molar-refractivity contribution is 0.479. The Morgan fingerprint density at radius 1 is 1.00 bits per heavy atom. The van der Waals surface area contributed by atoms with Crippen molar-refractivity contribution in [1.82, 2.24) is 9.13 Å². The number of fused-ring (bicyclic) bond motifs is 1. The number of furan rings is 1. The number of aryl methyl sites for hydroxylation is 2. The summed E-state index contributed by atoms with van der Waals surface area (Å²) in [4.78, 5) is 25.8. The third kappa shape index (κ3) is 2.82. The van der Waals surface area contributed by atoms with Gasteiger partial charge in [0, 0.05) is 0 Å². The average Bonchev–Trinajstić information content (AvgIpc) is 3.30. The van der Waals surface area contributed by atoms with Crippen molar-refractivity contribution in [1.29, 1.82) is 0 Å². The van der Waals surface area contributed by atoms with E-state index in [-0.39, 0.29) is 17.8 Å². The highest BCUT2D eigenvalue weighted by Gasteiger charge is 2.15. The molecule has 0 fully saturated rings. The highest BCUT2D eigenvalue weighted by Crippen LogP contribution is 2.18. The van der Waals surface area contributed by atoms with Crippen molar-refractivity contribution >= 4 is 21.6 Å². The number of rotatable bonds is 4. The van der Waals surface area contributed by atoms with Crippen LogP contribution in [0, 0.1) is 13.8 Å². The van der Waals surface area contributed by atoms with Crippen molar-refractivity contribution in [2.75, 3.05) is 0 Å². The number of hydrogen-bond donors (Lipinski definition) is 0. The van der Waals surface area contributed by atoms with Crippen LogP contribution in [-0.4, -0.2) is 9.13 Å². The van der Waals surface area contributed by atoms with E-state index in [9.17, 15) is 9.59 Å². The molecular weight excluding hydrogens is 348 g/mol. The van der Waals surface area contributed by atoms with Gasteiger partial charge in [-0.25, -0.2) is 4.79 Å². The molecule has 132 valence electrons. The summed E-state index contributed by atoms with van der Waals surface area (Å²) in [6.07, 6.45) is 1.54. The molecule has 4 rings (SSSR count). The van der Waals surface area contributed by atoms with E-state index in [0.29, 0.717) is 22.5 Å². The fraction of sp³-hybridized carbons (Fsp3) is 0.200. The van der Waals surface area contributed by atoms with Gasteiger partial charge in [0.15, 0.2) is 0 Å². The largest absolute Gasteiger partial charge is 0.467 e. The van der Waals surface area contributed by atoms with Crippen molar-refractivity contribution in [3.05, 3.63) is 91.3 Å². The van der Waals surface area contributed by atoms with Gasteiger partial charge in [0.25, 0.3) is 5.56 Å². The molecule has 0 saturated heterocycles. The second-order valence-electron chi connectivity index (χ2n) is 6.39. The molecule has 0 N–H and O–H groups in total. The lowest BCUT2D eigenvalue weighted by atomic mass is 10.1. The predicted molar refractivity (Wildman–Crippen MR) is 103 cm³/mol. The zero-order valence-electron chi connectivity index (χ0n) is 14.6. The minimum Gasteiger partial charge on any atom is -0.467 e. The zero-order valence-corrected chi connectivity index (χ0v) is 15.4. The molecule has 5 nitrogen and oxygen atoms in total. The molecule has 0 aliphatic carbocycles. The van der Waals surface area contributed by atoms with Gasteiger partial charge in [0.05, 0.1) is 24.9 Å². The first-order valence-corrected chi connectivity index (χ1v) is 9.22. The Morgan fingerprint density at radius 3 is 2.58 bits per heavy atom. The van der Waals surface area contributed by atoms with E-state index in [2.05, 4.69) is 26.0 Å². The Balaban J connectivity index is 1.88. The van der Waals surface area contributed by atoms with E-state index in [1.807, 2.05) is 17.5 Å². The molecule has 1 aromatic carbocycles. The van der Waals surface area contributed by atoms with Gasteiger partial charge in [-0.3, -0.25) is 13.9 Å². The second-order valence-corrected chi connectivity index (χ2v) is 7.31. The Labute approximate surface area is 153 Å². The fourth-order valence-electron chi connectivity index (χ4n) is 3.07. The maximum Gasteiger partial charge on any atom is 0.332 e. The molecule has 0 amide bonds. The summed E-state index contributed by atoms with van der Waals surface area (Å²) in [6.45, 7) is 4.67. The van der Waals surface area contributed by atoms with Crippen LogP contribution < -0.4 is 11.2 Å². The maximum atomic E-state index is 13.1. The molecular formula is C20H18N2O3S. The molecule has 3 heterocycles. The van der Waals surface area contributed by atoms with Gasteiger partial charge < -0.3 is 4.42 Å². The molecule has 0 atom stereocenters. The van der Waals surface area contributed by atoms with Crippen LogP contribution in [0.1, 0.15) is 22.5 Å². The van der Waals surface area contributed by atoms with Crippen molar-refractivity contribution < 1.29 is 4.42 Å². The highest BCUT2D eigenvalue weighted by atomic mass is 32.1. The van der Waals surface area contributed by atoms with Crippen LogP contribution in [0.25, 0.3) is 10.2 Å². The van der Waals surface area contributed by atoms with E-state index in [1.165, 1.54) is 33.3 Å². The third-order valence-electron chi connectivity index (χ3n) is 4.64. The topological polar surface area (TPSA) is 57.1 Å². The summed E-state index contributed by atoms with van der Waals surface area (Å²) < 4.78 is 8.82. The van der Waals surface area contributed by atoms with Gasteiger partial charge in [0.1, 0.15) is 10.5 Å². The zero-order chi connectivity index (χ0) is 18.3. The summed E-state index contributed by atoms with van der Waals surface area (Å²) in [5.74, 6) is 0.581. The Morgan fingerprint density at radius 2 is 1.85 bits per heavy atom. The van der Waals surface area contributed by atoms with Gasteiger partial charge in [0.2, 0.25) is 0 Å². The van der Waals surface area contributed by atoms with Gasteiger partial charge >= 0.3 is 5.69 Å².